The third-order valence-electron chi connectivity index (χ3n) is 10.9. The molecule has 0 unspecified atom stereocenters. The fourth-order valence-corrected chi connectivity index (χ4v) is 10.5. The molecule has 55 heavy (non-hydrogen) atoms. The summed E-state index contributed by atoms with van der Waals surface area (Å²) in [4.78, 5) is 2.41. The van der Waals surface area contributed by atoms with E-state index in [9.17, 15) is 0 Å². The van der Waals surface area contributed by atoms with Crippen molar-refractivity contribution in [1.29, 1.82) is 0 Å². The van der Waals surface area contributed by atoms with E-state index in [2.05, 4.69) is 205 Å². The second-order valence-corrected chi connectivity index (χ2v) is 16.3. The van der Waals surface area contributed by atoms with Crippen LogP contribution in [0, 0.1) is 0 Å². The summed E-state index contributed by atoms with van der Waals surface area (Å²) >= 11 is 3.72. The molecule has 0 aliphatic heterocycles. The first kappa shape index (κ1) is 32.0. The van der Waals surface area contributed by atoms with Crippen LogP contribution >= 0.6 is 22.7 Å². The van der Waals surface area contributed by atoms with Crippen molar-refractivity contribution in [2.75, 3.05) is 4.90 Å². The first-order chi connectivity index (χ1) is 27.2. The average Bonchev–Trinajstić information content (AvgIpc) is 3.82. The molecule has 0 N–H and O–H groups in total. The summed E-state index contributed by atoms with van der Waals surface area (Å²) in [7, 11) is 0. The van der Waals surface area contributed by atoms with E-state index >= 15 is 0 Å². The maximum Gasteiger partial charge on any atom is 0.0468 e. The van der Waals surface area contributed by atoms with Gasteiger partial charge in [-0.15, -0.1) is 22.7 Å². The summed E-state index contributed by atoms with van der Waals surface area (Å²) in [5.41, 5.74) is 10.7. The highest BCUT2D eigenvalue weighted by Gasteiger charge is 2.17. The first-order valence-corrected chi connectivity index (χ1v) is 20.3. The summed E-state index contributed by atoms with van der Waals surface area (Å²) in [6, 6.07) is 73.5. The van der Waals surface area contributed by atoms with Crippen LogP contribution in [-0.2, 0) is 0 Å². The Morgan fingerprint density at radius 2 is 0.855 bits per heavy atom. The van der Waals surface area contributed by atoms with Crippen LogP contribution in [0.3, 0.4) is 0 Å². The van der Waals surface area contributed by atoms with Gasteiger partial charge < -0.3 is 4.90 Å². The van der Waals surface area contributed by atoms with Crippen molar-refractivity contribution in [3.8, 4) is 33.4 Å². The van der Waals surface area contributed by atoms with Crippen molar-refractivity contribution in [3.05, 3.63) is 200 Å². The van der Waals surface area contributed by atoms with Crippen molar-refractivity contribution in [3.63, 3.8) is 0 Å². The maximum atomic E-state index is 2.41. The van der Waals surface area contributed by atoms with Gasteiger partial charge in [0.15, 0.2) is 0 Å². The van der Waals surface area contributed by atoms with E-state index in [1.54, 1.807) is 0 Å². The molecule has 0 atom stereocenters. The second-order valence-electron chi connectivity index (χ2n) is 14.1. The molecule has 2 aromatic heterocycles. The third-order valence-corrected chi connectivity index (χ3v) is 13.1. The number of rotatable bonds is 6. The van der Waals surface area contributed by atoms with Crippen LogP contribution in [-0.4, -0.2) is 0 Å². The molecule has 3 heteroatoms. The maximum absolute atomic E-state index is 2.41. The Labute approximate surface area is 327 Å². The predicted octanol–water partition coefficient (Wildman–Crippen LogP) is 16.0. The second kappa shape index (κ2) is 13.1. The van der Waals surface area contributed by atoms with E-state index in [1.807, 2.05) is 22.7 Å². The predicted molar refractivity (Wildman–Crippen MR) is 241 cm³/mol. The average molecular weight is 736 g/mol. The molecule has 0 bridgehead atoms. The first-order valence-electron chi connectivity index (χ1n) is 18.7. The normalized spacial score (nSPS) is 11.6. The number of benzene rings is 9. The number of thiophene rings is 2. The highest BCUT2D eigenvalue weighted by Crippen LogP contribution is 2.44. The zero-order chi connectivity index (χ0) is 36.3. The Balaban J connectivity index is 1.05. The number of fused-ring (bicyclic) bond motifs is 7. The van der Waals surface area contributed by atoms with Gasteiger partial charge in [-0.1, -0.05) is 133 Å². The van der Waals surface area contributed by atoms with Crippen LogP contribution in [0.15, 0.2) is 200 Å². The minimum atomic E-state index is 1.12. The molecule has 0 aliphatic rings. The van der Waals surface area contributed by atoms with E-state index in [-0.39, 0.29) is 0 Å². The molecule has 0 saturated heterocycles. The Hall–Kier alpha value is -6.52. The molecule has 0 spiro atoms. The molecule has 0 radical (unpaired) electrons. The van der Waals surface area contributed by atoms with Crippen molar-refractivity contribution in [2.24, 2.45) is 0 Å². The lowest BCUT2D eigenvalue weighted by atomic mass is 9.95. The summed E-state index contributed by atoms with van der Waals surface area (Å²) < 4.78 is 5.26. The van der Waals surface area contributed by atoms with Gasteiger partial charge in [-0.3, -0.25) is 0 Å². The quantitative estimate of drug-likeness (QED) is 0.164. The van der Waals surface area contributed by atoms with Crippen LogP contribution in [0.5, 0.6) is 0 Å². The van der Waals surface area contributed by atoms with Gasteiger partial charge >= 0.3 is 0 Å². The Bertz CT molecular complexity index is 3220. The molecule has 0 amide bonds. The fourth-order valence-electron chi connectivity index (χ4n) is 8.27. The minimum Gasteiger partial charge on any atom is -0.310 e. The van der Waals surface area contributed by atoms with Gasteiger partial charge in [0, 0.05) is 57.4 Å². The zero-order valence-electron chi connectivity index (χ0n) is 29.8. The van der Waals surface area contributed by atoms with Gasteiger partial charge in [-0.25, -0.2) is 0 Å². The summed E-state index contributed by atoms with van der Waals surface area (Å²) in [6.45, 7) is 0. The van der Waals surface area contributed by atoms with Gasteiger partial charge in [0.05, 0.1) is 0 Å². The van der Waals surface area contributed by atoms with Crippen molar-refractivity contribution < 1.29 is 0 Å². The number of anilines is 3. The standard InChI is InChI=1S/C52H33NS2/c1-2-17-42-34(11-1)12-9-20-43(42)38-15-7-13-36(31-38)37-14-8-16-40(32-37)53(41-29-30-50-47(33-41)45-18-3-5-22-48(45)54-50)39-27-25-35(26-28-39)44-21-10-24-51-52(44)46-19-4-6-23-49(46)55-51/h1-33H. The highest BCUT2D eigenvalue weighted by atomic mass is 32.1. The Kier molecular flexibility index (Phi) is 7.61. The van der Waals surface area contributed by atoms with Crippen LogP contribution < -0.4 is 4.90 Å². The van der Waals surface area contributed by atoms with Crippen LogP contribution in [0.4, 0.5) is 17.1 Å². The largest absolute Gasteiger partial charge is 0.310 e. The van der Waals surface area contributed by atoms with E-state index in [0.29, 0.717) is 0 Å². The lowest BCUT2D eigenvalue weighted by Gasteiger charge is -2.26. The van der Waals surface area contributed by atoms with Crippen LogP contribution in [0.1, 0.15) is 0 Å². The van der Waals surface area contributed by atoms with Gasteiger partial charge in [-0.05, 0) is 111 Å². The van der Waals surface area contributed by atoms with Crippen molar-refractivity contribution in [1.82, 2.24) is 0 Å². The van der Waals surface area contributed by atoms with Crippen molar-refractivity contribution in [2.45, 2.75) is 0 Å². The molecule has 258 valence electrons. The molecule has 0 saturated carbocycles. The zero-order valence-corrected chi connectivity index (χ0v) is 31.4. The molecule has 0 fully saturated rings. The minimum absolute atomic E-state index is 1.12. The third kappa shape index (κ3) is 5.51. The van der Waals surface area contributed by atoms with Crippen LogP contribution in [0.25, 0.3) is 84.5 Å². The van der Waals surface area contributed by atoms with E-state index in [4.69, 9.17) is 0 Å². The summed E-state index contributed by atoms with van der Waals surface area (Å²) in [5, 5.41) is 7.77. The Morgan fingerprint density at radius 3 is 1.73 bits per heavy atom. The number of hydrogen-bond acceptors (Lipinski definition) is 3. The smallest absolute Gasteiger partial charge is 0.0468 e. The summed E-state index contributed by atoms with van der Waals surface area (Å²) in [5.74, 6) is 0. The molecule has 0 aliphatic carbocycles. The number of nitrogens with zero attached hydrogens (tertiary/aromatic N) is 1. The topological polar surface area (TPSA) is 3.24 Å². The monoisotopic (exact) mass is 735 g/mol. The Morgan fingerprint density at radius 1 is 0.291 bits per heavy atom. The van der Waals surface area contributed by atoms with Crippen LogP contribution in [0.2, 0.25) is 0 Å². The lowest BCUT2D eigenvalue weighted by Crippen LogP contribution is -2.10. The molecule has 11 aromatic rings. The van der Waals surface area contributed by atoms with E-state index < -0.39 is 0 Å². The highest BCUT2D eigenvalue weighted by molar-refractivity contribution is 7.26. The fraction of sp³-hybridized carbons (Fsp3) is 0. The van der Waals surface area contributed by atoms with Gasteiger partial charge in [0.25, 0.3) is 0 Å². The van der Waals surface area contributed by atoms with Gasteiger partial charge in [-0.2, -0.15) is 0 Å². The van der Waals surface area contributed by atoms with E-state index in [1.165, 1.54) is 84.5 Å². The van der Waals surface area contributed by atoms with Gasteiger partial charge in [0.2, 0.25) is 0 Å². The molecule has 2 heterocycles. The molecule has 1 nitrogen and oxygen atoms in total. The number of hydrogen-bond donors (Lipinski definition) is 0. The molecular weight excluding hydrogens is 703 g/mol. The molecular formula is C52H33NS2. The van der Waals surface area contributed by atoms with Gasteiger partial charge in [0.1, 0.15) is 0 Å². The lowest BCUT2D eigenvalue weighted by molar-refractivity contribution is 1.29. The SMILES string of the molecule is c1cc(-c2cccc(N(c3ccc(-c4cccc5sc6ccccc6c45)cc3)c3ccc4sc5ccccc5c4c3)c2)cc(-c2cccc3ccccc23)c1. The summed E-state index contributed by atoms with van der Waals surface area (Å²) in [6.07, 6.45) is 0. The van der Waals surface area contributed by atoms with Crippen molar-refractivity contribution >= 4 is 90.9 Å². The van der Waals surface area contributed by atoms with E-state index in [0.717, 1.165) is 17.1 Å². The molecule has 11 rings (SSSR count). The molecule has 9 aromatic carbocycles.